The van der Waals surface area contributed by atoms with Gasteiger partial charge in [0.15, 0.2) is 0 Å². The highest BCUT2D eigenvalue weighted by Gasteiger charge is 2.18. The summed E-state index contributed by atoms with van der Waals surface area (Å²) in [4.78, 5) is 18.2. The first-order valence-corrected chi connectivity index (χ1v) is 6.85. The van der Waals surface area contributed by atoms with E-state index in [0.717, 1.165) is 24.3 Å². The van der Waals surface area contributed by atoms with Crippen LogP contribution in [0.1, 0.15) is 36.3 Å². The number of hydrogen-bond acceptors (Lipinski definition) is 4. The van der Waals surface area contributed by atoms with Gasteiger partial charge in [-0.15, -0.1) is 0 Å². The molecule has 5 heteroatoms. The summed E-state index contributed by atoms with van der Waals surface area (Å²) in [7, 11) is 1.71. The number of carbonyl (C=O) groups is 1. The van der Waals surface area contributed by atoms with Gasteiger partial charge >= 0.3 is 0 Å². The Kier molecular flexibility index (Phi) is 5.98. The molecule has 0 aliphatic carbocycles. The molecule has 0 saturated carbocycles. The maximum absolute atomic E-state index is 12.4. The number of pyridine rings is 1. The van der Waals surface area contributed by atoms with E-state index >= 15 is 0 Å². The Morgan fingerprint density at radius 3 is 2.90 bits per heavy atom. The van der Waals surface area contributed by atoms with Crippen LogP contribution in [0.3, 0.4) is 0 Å². The second-order valence-corrected chi connectivity index (χ2v) is 5.01. The quantitative estimate of drug-likeness (QED) is 0.865. The average Bonchev–Trinajstić information content (AvgIpc) is 2.44. The van der Waals surface area contributed by atoms with Gasteiger partial charge in [0, 0.05) is 32.0 Å². The number of anilines is 1. The van der Waals surface area contributed by atoms with E-state index in [2.05, 4.69) is 23.3 Å². The highest BCUT2D eigenvalue weighted by molar-refractivity contribution is 5.99. The van der Waals surface area contributed by atoms with Crippen LogP contribution >= 0.6 is 0 Å². The summed E-state index contributed by atoms with van der Waals surface area (Å²) in [5.74, 6) is -0.299. The zero-order valence-corrected chi connectivity index (χ0v) is 12.6. The van der Waals surface area contributed by atoms with E-state index in [1.54, 1.807) is 25.1 Å². The van der Waals surface area contributed by atoms with Gasteiger partial charge in [-0.1, -0.05) is 6.92 Å². The third-order valence-corrected chi connectivity index (χ3v) is 2.95. The van der Waals surface area contributed by atoms with E-state index in [9.17, 15) is 4.79 Å². The summed E-state index contributed by atoms with van der Waals surface area (Å²) in [6.45, 7) is 6.99. The lowest BCUT2D eigenvalue weighted by Gasteiger charge is -2.20. The van der Waals surface area contributed by atoms with E-state index in [1.165, 1.54) is 0 Å². The monoisotopic (exact) mass is 274 g/mol. The predicted molar refractivity (Wildman–Crippen MR) is 79.5 cm³/mol. The summed E-state index contributed by atoms with van der Waals surface area (Å²) >= 11 is 0. The van der Waals surface area contributed by atoms with Gasteiger partial charge in [-0.3, -0.25) is 9.78 Å². The van der Waals surface area contributed by atoms with Crippen molar-refractivity contribution < 1.29 is 4.79 Å². The van der Waals surface area contributed by atoms with Crippen molar-refractivity contribution in [3.05, 3.63) is 23.5 Å². The van der Waals surface area contributed by atoms with Crippen molar-refractivity contribution in [1.82, 2.24) is 9.88 Å². The van der Waals surface area contributed by atoms with Crippen LogP contribution in [0.4, 0.5) is 5.69 Å². The standard InChI is InChI=1S/C15H22N4O/c1-5-6-17-14-7-12(3)18-9-13(14)15(20)19(4)10-11(2)8-16/h7,9,11H,5-6,10H2,1-4H3,(H,17,18). The number of nitriles is 1. The molecule has 0 aliphatic heterocycles. The number of amides is 1. The molecule has 5 nitrogen and oxygen atoms in total. The molecule has 0 bridgehead atoms. The van der Waals surface area contributed by atoms with Crippen molar-refractivity contribution in [3.8, 4) is 6.07 Å². The smallest absolute Gasteiger partial charge is 0.257 e. The van der Waals surface area contributed by atoms with Crippen molar-refractivity contribution >= 4 is 11.6 Å². The van der Waals surface area contributed by atoms with E-state index in [1.807, 2.05) is 13.0 Å². The first-order valence-electron chi connectivity index (χ1n) is 6.85. The Balaban J connectivity index is 2.94. The minimum Gasteiger partial charge on any atom is -0.384 e. The number of carbonyl (C=O) groups excluding carboxylic acids is 1. The summed E-state index contributed by atoms with van der Waals surface area (Å²) in [5.41, 5.74) is 2.23. The van der Waals surface area contributed by atoms with E-state index in [0.29, 0.717) is 12.1 Å². The first-order chi connectivity index (χ1) is 9.49. The molecule has 0 fully saturated rings. The fourth-order valence-corrected chi connectivity index (χ4v) is 1.88. The number of hydrogen-bond donors (Lipinski definition) is 1. The third kappa shape index (κ3) is 4.23. The molecule has 1 N–H and O–H groups in total. The Bertz CT molecular complexity index is 507. The number of aromatic nitrogens is 1. The van der Waals surface area contributed by atoms with Gasteiger partial charge in [-0.05, 0) is 26.3 Å². The highest BCUT2D eigenvalue weighted by atomic mass is 16.2. The van der Waals surface area contributed by atoms with E-state index in [-0.39, 0.29) is 11.8 Å². The molecule has 0 aromatic carbocycles. The highest BCUT2D eigenvalue weighted by Crippen LogP contribution is 2.18. The Morgan fingerprint density at radius 2 is 2.30 bits per heavy atom. The van der Waals surface area contributed by atoms with Crippen LogP contribution in [0.5, 0.6) is 0 Å². The molecule has 1 amide bonds. The summed E-state index contributed by atoms with van der Waals surface area (Å²) in [5, 5.41) is 12.1. The number of nitrogens with zero attached hydrogens (tertiary/aromatic N) is 3. The molecule has 0 radical (unpaired) electrons. The van der Waals surface area contributed by atoms with Gasteiger partial charge in [0.05, 0.1) is 23.2 Å². The molecule has 108 valence electrons. The third-order valence-electron chi connectivity index (χ3n) is 2.95. The molecule has 0 spiro atoms. The summed E-state index contributed by atoms with van der Waals surface area (Å²) in [6.07, 6.45) is 2.58. The van der Waals surface area contributed by atoms with Crippen LogP contribution in [0, 0.1) is 24.2 Å². The number of nitrogens with one attached hydrogen (secondary N) is 1. The minimum atomic E-state index is -0.186. The van der Waals surface area contributed by atoms with E-state index < -0.39 is 0 Å². The molecule has 0 aliphatic rings. The molecule has 1 aromatic heterocycles. The molecular weight excluding hydrogens is 252 g/mol. The number of rotatable bonds is 6. The zero-order valence-electron chi connectivity index (χ0n) is 12.6. The topological polar surface area (TPSA) is 69.0 Å². The van der Waals surface area contributed by atoms with Gasteiger partial charge in [0.1, 0.15) is 0 Å². The molecule has 1 atom stereocenters. The second-order valence-electron chi connectivity index (χ2n) is 5.01. The van der Waals surface area contributed by atoms with Crippen molar-refractivity contribution in [2.45, 2.75) is 27.2 Å². The zero-order chi connectivity index (χ0) is 15.1. The summed E-state index contributed by atoms with van der Waals surface area (Å²) in [6, 6.07) is 4.01. The Labute approximate surface area is 120 Å². The normalized spacial score (nSPS) is 11.6. The lowest BCUT2D eigenvalue weighted by atomic mass is 10.1. The molecule has 0 saturated heterocycles. The second kappa shape index (κ2) is 7.49. The first kappa shape index (κ1) is 16.0. The molecule has 1 heterocycles. The average molecular weight is 274 g/mol. The lowest BCUT2D eigenvalue weighted by molar-refractivity contribution is 0.0785. The van der Waals surface area contributed by atoms with E-state index in [4.69, 9.17) is 5.26 Å². The maximum Gasteiger partial charge on any atom is 0.257 e. The van der Waals surface area contributed by atoms with Crippen molar-refractivity contribution in [2.24, 2.45) is 5.92 Å². The molecule has 1 rings (SSSR count). The van der Waals surface area contributed by atoms with Crippen LogP contribution < -0.4 is 5.32 Å². The minimum absolute atomic E-state index is 0.113. The molecular formula is C15H22N4O. The lowest BCUT2D eigenvalue weighted by Crippen LogP contribution is -2.31. The van der Waals surface area contributed by atoms with Gasteiger partial charge in [-0.2, -0.15) is 5.26 Å². The Morgan fingerprint density at radius 1 is 1.60 bits per heavy atom. The van der Waals surface area contributed by atoms with Crippen LogP contribution in [-0.4, -0.2) is 35.9 Å². The van der Waals surface area contributed by atoms with Crippen LogP contribution in [0.15, 0.2) is 12.3 Å². The van der Waals surface area contributed by atoms with Gasteiger partial charge in [-0.25, -0.2) is 0 Å². The largest absolute Gasteiger partial charge is 0.384 e. The SMILES string of the molecule is CCCNc1cc(C)ncc1C(=O)N(C)CC(C)C#N. The predicted octanol–water partition coefficient (Wildman–Crippen LogP) is 2.44. The molecule has 1 aromatic rings. The molecule has 1 unspecified atom stereocenters. The van der Waals surface area contributed by atoms with Gasteiger partial charge in [0.2, 0.25) is 0 Å². The number of aryl methyl sites for hydroxylation is 1. The fraction of sp³-hybridized carbons (Fsp3) is 0.533. The van der Waals surface area contributed by atoms with Gasteiger partial charge in [0.25, 0.3) is 5.91 Å². The molecule has 20 heavy (non-hydrogen) atoms. The van der Waals surface area contributed by atoms with Gasteiger partial charge < -0.3 is 10.2 Å². The fourth-order valence-electron chi connectivity index (χ4n) is 1.88. The summed E-state index contributed by atoms with van der Waals surface area (Å²) < 4.78 is 0. The van der Waals surface area contributed by atoms with Crippen LogP contribution in [0.2, 0.25) is 0 Å². The van der Waals surface area contributed by atoms with Crippen molar-refractivity contribution in [3.63, 3.8) is 0 Å². The van der Waals surface area contributed by atoms with Crippen molar-refractivity contribution in [2.75, 3.05) is 25.5 Å². The Hall–Kier alpha value is -2.09. The van der Waals surface area contributed by atoms with Crippen LogP contribution in [0.25, 0.3) is 0 Å². The van der Waals surface area contributed by atoms with Crippen molar-refractivity contribution in [1.29, 1.82) is 5.26 Å². The van der Waals surface area contributed by atoms with Crippen LogP contribution in [-0.2, 0) is 0 Å². The maximum atomic E-state index is 12.4.